The Morgan fingerprint density at radius 2 is 2.42 bits per heavy atom. The zero-order chi connectivity index (χ0) is 13.9. The third-order valence-electron chi connectivity index (χ3n) is 3.09. The molecule has 102 valence electrons. The van der Waals surface area contributed by atoms with Crippen LogP contribution in [0.3, 0.4) is 0 Å². The highest BCUT2D eigenvalue weighted by molar-refractivity contribution is 8.01. The first-order chi connectivity index (χ1) is 9.08. The third kappa shape index (κ3) is 3.01. The zero-order valence-corrected chi connectivity index (χ0v) is 12.2. The summed E-state index contributed by atoms with van der Waals surface area (Å²) in [6.45, 7) is 2.34. The van der Waals surface area contributed by atoms with Crippen LogP contribution in [0.15, 0.2) is 18.3 Å². The van der Waals surface area contributed by atoms with E-state index < -0.39 is 15.2 Å². The van der Waals surface area contributed by atoms with Gasteiger partial charge < -0.3 is 4.90 Å². The first-order valence-corrected chi connectivity index (χ1v) is 8.87. The number of aromatic nitrogens is 1. The van der Waals surface area contributed by atoms with Gasteiger partial charge in [0, 0.05) is 35.7 Å². The molecule has 0 radical (unpaired) electrons. The molecule has 2 rings (SSSR count). The van der Waals surface area contributed by atoms with Gasteiger partial charge in [-0.2, -0.15) is 17.0 Å². The molecule has 7 heteroatoms. The van der Waals surface area contributed by atoms with Crippen molar-refractivity contribution in [3.8, 4) is 6.07 Å². The molecule has 1 atom stereocenters. The smallest absolute Gasteiger partial charge is 0.171 e. The van der Waals surface area contributed by atoms with Crippen molar-refractivity contribution in [2.45, 2.75) is 12.3 Å². The minimum atomic E-state index is -3.14. The van der Waals surface area contributed by atoms with Crippen LogP contribution in [0.25, 0.3) is 0 Å². The molecule has 1 fully saturated rings. The van der Waals surface area contributed by atoms with Crippen molar-refractivity contribution in [1.29, 1.82) is 5.26 Å². The monoisotopic (exact) mass is 297 g/mol. The van der Waals surface area contributed by atoms with Crippen LogP contribution in [0.4, 0.5) is 5.69 Å². The van der Waals surface area contributed by atoms with E-state index in [0.29, 0.717) is 18.0 Å². The maximum absolute atomic E-state index is 12.2. The third-order valence-corrected chi connectivity index (χ3v) is 6.38. The van der Waals surface area contributed by atoms with Gasteiger partial charge in [-0.25, -0.2) is 13.4 Å². The van der Waals surface area contributed by atoms with Crippen LogP contribution in [0.1, 0.15) is 12.6 Å². The maximum atomic E-state index is 12.2. The molecular weight excluding hydrogens is 282 g/mol. The summed E-state index contributed by atoms with van der Waals surface area (Å²) in [5, 5.41) is 8.37. The Morgan fingerprint density at radius 3 is 3.11 bits per heavy atom. The molecule has 19 heavy (non-hydrogen) atoms. The van der Waals surface area contributed by atoms with Crippen LogP contribution in [0.2, 0.25) is 0 Å². The maximum Gasteiger partial charge on any atom is 0.171 e. The van der Waals surface area contributed by atoms with E-state index in [4.69, 9.17) is 5.26 Å². The van der Waals surface area contributed by atoms with Gasteiger partial charge in [-0.1, -0.05) is 6.92 Å². The Labute approximate surface area is 117 Å². The van der Waals surface area contributed by atoms with Gasteiger partial charge in [-0.05, 0) is 12.1 Å². The second kappa shape index (κ2) is 5.80. The Bertz CT molecular complexity index is 595. The standard InChI is InChI=1S/C12H15N3O2S2/c1-2-19(16,17)12-9-18-6-5-15(12)11-3-4-14-10(7-11)8-13/h3-4,7,12H,2,5-6,9H2,1H3. The number of pyridine rings is 1. The quantitative estimate of drug-likeness (QED) is 0.836. The number of nitrogens with zero attached hydrogens (tertiary/aromatic N) is 3. The molecule has 1 saturated heterocycles. The van der Waals surface area contributed by atoms with E-state index in [1.165, 1.54) is 0 Å². The lowest BCUT2D eigenvalue weighted by Gasteiger charge is -2.36. The SMILES string of the molecule is CCS(=O)(=O)C1CSCCN1c1ccnc(C#N)c1. The highest BCUT2D eigenvalue weighted by Crippen LogP contribution is 2.27. The van der Waals surface area contributed by atoms with Gasteiger partial charge >= 0.3 is 0 Å². The molecule has 1 unspecified atom stereocenters. The van der Waals surface area contributed by atoms with Crippen LogP contribution in [-0.2, 0) is 9.84 Å². The van der Waals surface area contributed by atoms with Crippen LogP contribution in [0.5, 0.6) is 0 Å². The molecular formula is C12H15N3O2S2. The van der Waals surface area contributed by atoms with Crippen molar-refractivity contribution in [2.75, 3.05) is 28.7 Å². The van der Waals surface area contributed by atoms with Crippen LogP contribution in [-0.4, -0.2) is 42.6 Å². The largest absolute Gasteiger partial charge is 0.353 e. The summed E-state index contributed by atoms with van der Waals surface area (Å²) in [5.74, 6) is 1.59. The number of sulfone groups is 1. The van der Waals surface area contributed by atoms with E-state index >= 15 is 0 Å². The fourth-order valence-corrected chi connectivity index (χ4v) is 5.02. The molecule has 1 aromatic rings. The topological polar surface area (TPSA) is 74.1 Å². The molecule has 0 bridgehead atoms. The van der Waals surface area contributed by atoms with Crippen LogP contribution >= 0.6 is 11.8 Å². The van der Waals surface area contributed by atoms with E-state index in [2.05, 4.69) is 4.98 Å². The Morgan fingerprint density at radius 1 is 1.63 bits per heavy atom. The lowest BCUT2D eigenvalue weighted by molar-refractivity contribution is 0.579. The van der Waals surface area contributed by atoms with Gasteiger partial charge in [0.15, 0.2) is 9.84 Å². The normalized spacial score (nSPS) is 20.0. The molecule has 2 heterocycles. The lowest BCUT2D eigenvalue weighted by atomic mass is 10.3. The fraction of sp³-hybridized carbons (Fsp3) is 0.500. The lowest BCUT2D eigenvalue weighted by Crippen LogP contribution is -2.48. The minimum absolute atomic E-state index is 0.130. The van der Waals surface area contributed by atoms with Crippen molar-refractivity contribution >= 4 is 27.3 Å². The van der Waals surface area contributed by atoms with E-state index in [-0.39, 0.29) is 5.75 Å². The van der Waals surface area contributed by atoms with Crippen LogP contribution < -0.4 is 4.90 Å². The average Bonchev–Trinajstić information content (AvgIpc) is 2.47. The number of hydrogen-bond acceptors (Lipinski definition) is 6. The molecule has 1 aliphatic rings. The molecule has 5 nitrogen and oxygen atoms in total. The second-order valence-corrected chi connectivity index (χ2v) is 7.78. The second-order valence-electron chi connectivity index (χ2n) is 4.19. The highest BCUT2D eigenvalue weighted by atomic mass is 32.2. The number of rotatable bonds is 3. The van der Waals surface area contributed by atoms with Gasteiger partial charge in [-0.3, -0.25) is 0 Å². The van der Waals surface area contributed by atoms with Gasteiger partial charge in [-0.15, -0.1) is 0 Å². The number of hydrogen-bond donors (Lipinski definition) is 0. The van der Waals surface area contributed by atoms with Gasteiger partial charge in [0.1, 0.15) is 17.1 Å². The molecule has 1 aromatic heterocycles. The summed E-state index contributed by atoms with van der Waals surface area (Å²) in [6.07, 6.45) is 1.55. The van der Waals surface area contributed by atoms with Crippen LogP contribution in [0, 0.1) is 11.3 Å². The summed E-state index contributed by atoms with van der Waals surface area (Å²) >= 11 is 1.65. The molecule has 1 aliphatic heterocycles. The molecule has 0 spiro atoms. The highest BCUT2D eigenvalue weighted by Gasteiger charge is 2.33. The van der Waals surface area contributed by atoms with Crippen molar-refractivity contribution in [3.05, 3.63) is 24.0 Å². The van der Waals surface area contributed by atoms with E-state index in [1.54, 1.807) is 37.0 Å². The molecule has 0 amide bonds. The first kappa shape index (κ1) is 14.2. The molecule has 0 saturated carbocycles. The Hall–Kier alpha value is -1.26. The van der Waals surface area contributed by atoms with Crippen molar-refractivity contribution in [2.24, 2.45) is 0 Å². The summed E-state index contributed by atoms with van der Waals surface area (Å²) < 4.78 is 24.3. The summed E-state index contributed by atoms with van der Waals surface area (Å²) in [4.78, 5) is 5.79. The van der Waals surface area contributed by atoms with Crippen molar-refractivity contribution < 1.29 is 8.42 Å². The molecule has 0 aliphatic carbocycles. The Balaban J connectivity index is 2.37. The van der Waals surface area contributed by atoms with Gasteiger partial charge in [0.25, 0.3) is 0 Å². The summed E-state index contributed by atoms with van der Waals surface area (Å²) in [5.41, 5.74) is 1.07. The Kier molecular flexibility index (Phi) is 4.32. The minimum Gasteiger partial charge on any atom is -0.353 e. The summed E-state index contributed by atoms with van der Waals surface area (Å²) in [7, 11) is -3.14. The number of anilines is 1. The first-order valence-electron chi connectivity index (χ1n) is 6.00. The predicted octanol–water partition coefficient (Wildman–Crippen LogP) is 1.27. The van der Waals surface area contributed by atoms with Crippen molar-refractivity contribution in [3.63, 3.8) is 0 Å². The van der Waals surface area contributed by atoms with E-state index in [9.17, 15) is 8.42 Å². The fourth-order valence-electron chi connectivity index (χ4n) is 2.03. The van der Waals surface area contributed by atoms with Gasteiger partial charge in [0.05, 0.1) is 0 Å². The van der Waals surface area contributed by atoms with Crippen molar-refractivity contribution in [1.82, 2.24) is 4.98 Å². The number of nitriles is 1. The molecule has 0 N–H and O–H groups in total. The van der Waals surface area contributed by atoms with E-state index in [0.717, 1.165) is 11.4 Å². The number of thioether (sulfide) groups is 1. The predicted molar refractivity (Wildman–Crippen MR) is 76.9 cm³/mol. The summed E-state index contributed by atoms with van der Waals surface area (Å²) in [6, 6.07) is 5.39. The van der Waals surface area contributed by atoms with Gasteiger partial charge in [0.2, 0.25) is 0 Å². The van der Waals surface area contributed by atoms with E-state index in [1.807, 2.05) is 11.0 Å². The average molecular weight is 297 g/mol. The molecule has 0 aromatic carbocycles. The zero-order valence-electron chi connectivity index (χ0n) is 10.6.